The van der Waals surface area contributed by atoms with Crippen molar-refractivity contribution in [1.82, 2.24) is 0 Å². The Morgan fingerprint density at radius 3 is 2.53 bits per heavy atom. The number of benzene rings is 1. The minimum absolute atomic E-state index is 0. The van der Waals surface area contributed by atoms with Gasteiger partial charge in [0, 0.05) is 18.7 Å². The van der Waals surface area contributed by atoms with Gasteiger partial charge in [-0.25, -0.2) is 0 Å². The number of nitrogens with two attached hydrogens (primary N) is 1. The molecule has 0 aliphatic heterocycles. The van der Waals surface area contributed by atoms with E-state index in [2.05, 4.69) is 5.32 Å². The first kappa shape index (κ1) is 15.7. The molecular formula is C12H19ClN2O2. The maximum absolute atomic E-state index is 11.3. The zero-order valence-corrected chi connectivity index (χ0v) is 10.8. The second-order valence-corrected chi connectivity index (χ2v) is 3.46. The molecule has 1 rings (SSSR count). The normalized spacial score (nSPS) is 9.29. The zero-order chi connectivity index (χ0) is 11.8. The average molecular weight is 259 g/mol. The number of hydrogen-bond donors (Lipinski definition) is 2. The summed E-state index contributed by atoms with van der Waals surface area (Å²) in [6.45, 7) is 2.97. The van der Waals surface area contributed by atoms with Crippen LogP contribution in [0.1, 0.15) is 19.8 Å². The Hall–Kier alpha value is -1.26. The van der Waals surface area contributed by atoms with Gasteiger partial charge in [-0.05, 0) is 30.7 Å². The fraction of sp³-hybridized carbons (Fsp3) is 0.417. The topological polar surface area (TPSA) is 64.3 Å². The molecule has 0 fully saturated rings. The van der Waals surface area contributed by atoms with Gasteiger partial charge >= 0.3 is 0 Å². The molecule has 96 valence electrons. The summed E-state index contributed by atoms with van der Waals surface area (Å²) in [4.78, 5) is 11.3. The lowest BCUT2D eigenvalue weighted by Gasteiger charge is -2.07. The van der Waals surface area contributed by atoms with Crippen LogP contribution in [0.5, 0.6) is 5.75 Å². The summed E-state index contributed by atoms with van der Waals surface area (Å²) in [5.74, 6) is 0.803. The number of nitrogens with one attached hydrogen (secondary N) is 1. The quantitative estimate of drug-likeness (QED) is 0.822. The van der Waals surface area contributed by atoms with Crippen LogP contribution in [-0.4, -0.2) is 19.1 Å². The molecule has 0 heterocycles. The van der Waals surface area contributed by atoms with Crippen molar-refractivity contribution in [2.45, 2.75) is 19.8 Å². The predicted molar refractivity (Wildman–Crippen MR) is 71.8 cm³/mol. The zero-order valence-electron chi connectivity index (χ0n) is 9.94. The van der Waals surface area contributed by atoms with Gasteiger partial charge in [0.25, 0.3) is 0 Å². The number of carbonyl (C=O) groups excluding carboxylic acids is 1. The van der Waals surface area contributed by atoms with E-state index in [0.717, 1.165) is 17.9 Å². The minimum Gasteiger partial charge on any atom is -0.492 e. The Balaban J connectivity index is 0.00000256. The predicted octanol–water partition coefficient (Wildman–Crippen LogP) is 2.18. The second kappa shape index (κ2) is 8.84. The molecule has 0 saturated heterocycles. The summed E-state index contributed by atoms with van der Waals surface area (Å²) in [5.41, 5.74) is 6.11. The minimum atomic E-state index is 0. The summed E-state index contributed by atoms with van der Waals surface area (Å²) in [6, 6.07) is 7.27. The molecule has 3 N–H and O–H groups in total. The number of hydrogen-bond acceptors (Lipinski definition) is 3. The Kier molecular flexibility index (Phi) is 8.19. The molecule has 0 unspecified atom stereocenters. The standard InChI is InChI=1S/C12H18N2O2.ClH/c1-2-3-12(15)14-10-4-6-11(7-5-10)16-9-8-13;/h4-7H,2-3,8-9,13H2,1H3,(H,14,15);1H. The third-order valence-corrected chi connectivity index (χ3v) is 2.00. The van der Waals surface area contributed by atoms with E-state index in [0.29, 0.717) is 19.6 Å². The molecule has 17 heavy (non-hydrogen) atoms. The van der Waals surface area contributed by atoms with Gasteiger partial charge in [0.1, 0.15) is 12.4 Å². The van der Waals surface area contributed by atoms with E-state index in [4.69, 9.17) is 10.5 Å². The molecule has 0 aliphatic rings. The van der Waals surface area contributed by atoms with Gasteiger partial charge in [0.05, 0.1) is 0 Å². The highest BCUT2D eigenvalue weighted by Gasteiger charge is 2.00. The first-order chi connectivity index (χ1) is 7.76. The molecule has 0 spiro atoms. The largest absolute Gasteiger partial charge is 0.492 e. The highest BCUT2D eigenvalue weighted by Crippen LogP contribution is 2.15. The molecule has 0 aliphatic carbocycles. The van der Waals surface area contributed by atoms with E-state index in [1.165, 1.54) is 0 Å². The van der Waals surface area contributed by atoms with Crippen LogP contribution in [0.15, 0.2) is 24.3 Å². The molecule has 0 atom stereocenters. The molecule has 0 saturated carbocycles. The third-order valence-electron chi connectivity index (χ3n) is 2.00. The smallest absolute Gasteiger partial charge is 0.224 e. The van der Waals surface area contributed by atoms with Gasteiger partial charge in [0.2, 0.25) is 5.91 Å². The van der Waals surface area contributed by atoms with Crippen molar-refractivity contribution < 1.29 is 9.53 Å². The van der Waals surface area contributed by atoms with Crippen molar-refractivity contribution in [1.29, 1.82) is 0 Å². The van der Waals surface area contributed by atoms with Crippen molar-refractivity contribution >= 4 is 24.0 Å². The first-order valence-electron chi connectivity index (χ1n) is 5.49. The second-order valence-electron chi connectivity index (χ2n) is 3.46. The summed E-state index contributed by atoms with van der Waals surface area (Å²) in [7, 11) is 0. The van der Waals surface area contributed by atoms with Crippen LogP contribution in [0.2, 0.25) is 0 Å². The number of anilines is 1. The lowest BCUT2D eigenvalue weighted by atomic mass is 10.2. The number of halogens is 1. The molecule has 5 heteroatoms. The van der Waals surface area contributed by atoms with Crippen LogP contribution >= 0.6 is 12.4 Å². The summed E-state index contributed by atoms with van der Waals surface area (Å²) in [5, 5.41) is 2.81. The molecule has 1 aromatic carbocycles. The SMILES string of the molecule is CCCC(=O)Nc1ccc(OCCN)cc1.Cl. The molecular weight excluding hydrogens is 240 g/mol. The third kappa shape index (κ3) is 6.14. The highest BCUT2D eigenvalue weighted by molar-refractivity contribution is 5.90. The lowest BCUT2D eigenvalue weighted by Crippen LogP contribution is -2.11. The fourth-order valence-electron chi connectivity index (χ4n) is 1.26. The Bertz CT molecular complexity index is 328. The van der Waals surface area contributed by atoms with Crippen LogP contribution in [0.4, 0.5) is 5.69 Å². The molecule has 0 aromatic heterocycles. The van der Waals surface area contributed by atoms with Crippen LogP contribution in [0, 0.1) is 0 Å². The first-order valence-corrected chi connectivity index (χ1v) is 5.49. The van der Waals surface area contributed by atoms with Crippen molar-refractivity contribution in [2.75, 3.05) is 18.5 Å². The molecule has 4 nitrogen and oxygen atoms in total. The summed E-state index contributed by atoms with van der Waals surface area (Å²) < 4.78 is 5.32. The van der Waals surface area contributed by atoms with E-state index in [1.807, 2.05) is 31.2 Å². The van der Waals surface area contributed by atoms with Gasteiger partial charge < -0.3 is 15.8 Å². The molecule has 1 aromatic rings. The highest BCUT2D eigenvalue weighted by atomic mass is 35.5. The molecule has 0 radical (unpaired) electrons. The van der Waals surface area contributed by atoms with E-state index >= 15 is 0 Å². The van der Waals surface area contributed by atoms with Gasteiger partial charge in [-0.1, -0.05) is 6.92 Å². The Morgan fingerprint density at radius 2 is 2.00 bits per heavy atom. The van der Waals surface area contributed by atoms with Crippen LogP contribution < -0.4 is 15.8 Å². The molecule has 0 bridgehead atoms. The Morgan fingerprint density at radius 1 is 1.35 bits per heavy atom. The van der Waals surface area contributed by atoms with E-state index in [1.54, 1.807) is 0 Å². The van der Waals surface area contributed by atoms with Crippen molar-refractivity contribution in [2.24, 2.45) is 5.73 Å². The number of amides is 1. The van der Waals surface area contributed by atoms with Gasteiger partial charge in [0.15, 0.2) is 0 Å². The number of carbonyl (C=O) groups is 1. The van der Waals surface area contributed by atoms with Crippen molar-refractivity contribution in [3.8, 4) is 5.75 Å². The number of ether oxygens (including phenoxy) is 1. The van der Waals surface area contributed by atoms with Crippen LogP contribution in [0.3, 0.4) is 0 Å². The van der Waals surface area contributed by atoms with Gasteiger partial charge in [-0.2, -0.15) is 0 Å². The van der Waals surface area contributed by atoms with Crippen LogP contribution in [-0.2, 0) is 4.79 Å². The van der Waals surface area contributed by atoms with Gasteiger partial charge in [-0.3, -0.25) is 4.79 Å². The maximum Gasteiger partial charge on any atom is 0.224 e. The van der Waals surface area contributed by atoms with Crippen molar-refractivity contribution in [3.63, 3.8) is 0 Å². The van der Waals surface area contributed by atoms with Gasteiger partial charge in [-0.15, -0.1) is 12.4 Å². The summed E-state index contributed by atoms with van der Waals surface area (Å²) in [6.07, 6.45) is 1.40. The van der Waals surface area contributed by atoms with Crippen molar-refractivity contribution in [3.05, 3.63) is 24.3 Å². The number of rotatable bonds is 6. The average Bonchev–Trinajstić information content (AvgIpc) is 2.28. The van der Waals surface area contributed by atoms with E-state index < -0.39 is 0 Å². The lowest BCUT2D eigenvalue weighted by molar-refractivity contribution is -0.116. The van der Waals surface area contributed by atoms with Crippen LogP contribution in [0.25, 0.3) is 0 Å². The molecule has 1 amide bonds. The van der Waals surface area contributed by atoms with E-state index in [-0.39, 0.29) is 18.3 Å². The maximum atomic E-state index is 11.3. The fourth-order valence-corrected chi connectivity index (χ4v) is 1.26. The Labute approximate surface area is 108 Å². The van der Waals surface area contributed by atoms with E-state index in [9.17, 15) is 4.79 Å². The summed E-state index contributed by atoms with van der Waals surface area (Å²) >= 11 is 0. The monoisotopic (exact) mass is 258 g/mol.